The van der Waals surface area contributed by atoms with Crippen LogP contribution in [0.1, 0.15) is 25.5 Å². The molecular weight excluding hydrogens is 244 g/mol. The van der Waals surface area contributed by atoms with Gasteiger partial charge in [-0.1, -0.05) is 37.3 Å². The van der Waals surface area contributed by atoms with Crippen LogP contribution < -0.4 is 5.73 Å². The number of rotatable bonds is 2. The van der Waals surface area contributed by atoms with E-state index in [-0.39, 0.29) is 11.9 Å². The number of nitrogens with zero attached hydrogens (tertiary/aromatic N) is 1. The van der Waals surface area contributed by atoms with Gasteiger partial charge in [-0.3, -0.25) is 4.79 Å². The Morgan fingerprint density at radius 3 is 2.72 bits per heavy atom. The van der Waals surface area contributed by atoms with Crippen molar-refractivity contribution in [3.8, 4) is 0 Å². The van der Waals surface area contributed by atoms with Gasteiger partial charge in [0.15, 0.2) is 0 Å². The van der Waals surface area contributed by atoms with Crippen LogP contribution in [0.15, 0.2) is 30.3 Å². The van der Waals surface area contributed by atoms with E-state index < -0.39 is 6.04 Å². The van der Waals surface area contributed by atoms with E-state index in [0.717, 1.165) is 17.9 Å². The lowest BCUT2D eigenvalue weighted by Gasteiger charge is -2.38. The van der Waals surface area contributed by atoms with Crippen LogP contribution in [0.4, 0.5) is 0 Å². The van der Waals surface area contributed by atoms with Gasteiger partial charge in [0.05, 0.1) is 0 Å². The first kappa shape index (κ1) is 13.4. The molecule has 2 rings (SSSR count). The molecule has 1 saturated heterocycles. The Bertz CT molecular complexity index is 410. The minimum atomic E-state index is -0.538. The molecule has 1 amide bonds. The van der Waals surface area contributed by atoms with Crippen LogP contribution in [0.5, 0.6) is 0 Å². The average Bonchev–Trinajstić information content (AvgIpc) is 2.41. The number of thioether (sulfide) groups is 1. The van der Waals surface area contributed by atoms with Gasteiger partial charge in [0.25, 0.3) is 0 Å². The summed E-state index contributed by atoms with van der Waals surface area (Å²) >= 11 is 1.92. The first-order chi connectivity index (χ1) is 8.61. The van der Waals surface area contributed by atoms with Crippen molar-refractivity contribution < 1.29 is 4.79 Å². The molecule has 1 aliphatic rings. The van der Waals surface area contributed by atoms with E-state index in [9.17, 15) is 4.79 Å². The fourth-order valence-electron chi connectivity index (χ4n) is 2.23. The van der Waals surface area contributed by atoms with Gasteiger partial charge in [-0.15, -0.1) is 0 Å². The van der Waals surface area contributed by atoms with E-state index in [1.165, 1.54) is 0 Å². The number of amides is 1. The Labute approximate surface area is 113 Å². The molecule has 0 aliphatic carbocycles. The Kier molecular flexibility index (Phi) is 4.30. The van der Waals surface area contributed by atoms with Gasteiger partial charge in [0.1, 0.15) is 6.04 Å². The fraction of sp³-hybridized carbons (Fsp3) is 0.500. The third kappa shape index (κ3) is 2.70. The SMILES string of the molecule is CC1SCCN(C(=O)[C@@H](N)c2ccccc2)C1C. The number of hydrogen-bond acceptors (Lipinski definition) is 3. The molecule has 1 aromatic rings. The highest BCUT2D eigenvalue weighted by Gasteiger charge is 2.31. The topological polar surface area (TPSA) is 46.3 Å². The first-order valence-electron chi connectivity index (χ1n) is 6.34. The molecule has 18 heavy (non-hydrogen) atoms. The zero-order valence-electron chi connectivity index (χ0n) is 10.9. The molecule has 3 atom stereocenters. The summed E-state index contributed by atoms with van der Waals surface area (Å²) in [7, 11) is 0. The minimum absolute atomic E-state index is 0.0425. The minimum Gasteiger partial charge on any atom is -0.336 e. The number of carbonyl (C=O) groups excluding carboxylic acids is 1. The van der Waals surface area contributed by atoms with Crippen molar-refractivity contribution in [3.63, 3.8) is 0 Å². The fourth-order valence-corrected chi connectivity index (χ4v) is 3.33. The summed E-state index contributed by atoms with van der Waals surface area (Å²) in [6, 6.07) is 9.31. The molecule has 1 aromatic carbocycles. The standard InChI is InChI=1S/C14H20N2OS/c1-10-11(2)18-9-8-16(10)14(17)13(15)12-6-4-3-5-7-12/h3-7,10-11,13H,8-9,15H2,1-2H3/t10?,11?,13-/m0/s1. The van der Waals surface area contributed by atoms with Gasteiger partial charge in [-0.2, -0.15) is 11.8 Å². The van der Waals surface area contributed by atoms with Crippen LogP contribution in [0.3, 0.4) is 0 Å². The monoisotopic (exact) mass is 264 g/mol. The van der Waals surface area contributed by atoms with E-state index in [2.05, 4.69) is 13.8 Å². The van der Waals surface area contributed by atoms with Crippen LogP contribution in [0, 0.1) is 0 Å². The van der Waals surface area contributed by atoms with E-state index in [1.807, 2.05) is 47.0 Å². The van der Waals surface area contributed by atoms with Crippen molar-refractivity contribution in [3.05, 3.63) is 35.9 Å². The maximum atomic E-state index is 12.4. The van der Waals surface area contributed by atoms with Crippen molar-refractivity contribution in [2.45, 2.75) is 31.2 Å². The Hall–Kier alpha value is -1.00. The van der Waals surface area contributed by atoms with Gasteiger partial charge >= 0.3 is 0 Å². The predicted octanol–water partition coefficient (Wildman–Crippen LogP) is 2.04. The number of benzene rings is 1. The molecule has 0 aromatic heterocycles. The number of carbonyl (C=O) groups is 1. The van der Waals surface area contributed by atoms with Crippen molar-refractivity contribution in [2.75, 3.05) is 12.3 Å². The highest BCUT2D eigenvalue weighted by molar-refractivity contribution is 8.00. The lowest BCUT2D eigenvalue weighted by Crippen LogP contribution is -2.50. The summed E-state index contributed by atoms with van der Waals surface area (Å²) in [5, 5.41) is 0.477. The second-order valence-electron chi connectivity index (χ2n) is 4.74. The highest BCUT2D eigenvalue weighted by Crippen LogP contribution is 2.26. The molecular formula is C14H20N2OS. The van der Waals surface area contributed by atoms with Gasteiger partial charge in [0.2, 0.25) is 5.91 Å². The normalized spacial score (nSPS) is 25.8. The van der Waals surface area contributed by atoms with Gasteiger partial charge in [0, 0.05) is 23.6 Å². The summed E-state index contributed by atoms with van der Waals surface area (Å²) in [4.78, 5) is 14.4. The third-order valence-corrected chi connectivity index (χ3v) is 4.93. The average molecular weight is 264 g/mol. The molecule has 0 spiro atoms. The van der Waals surface area contributed by atoms with Crippen LogP contribution in [-0.2, 0) is 4.79 Å². The first-order valence-corrected chi connectivity index (χ1v) is 7.38. The van der Waals surface area contributed by atoms with Crippen LogP contribution in [0.25, 0.3) is 0 Å². The highest BCUT2D eigenvalue weighted by atomic mass is 32.2. The molecule has 1 aliphatic heterocycles. The molecule has 0 bridgehead atoms. The smallest absolute Gasteiger partial charge is 0.244 e. The van der Waals surface area contributed by atoms with Crippen molar-refractivity contribution in [2.24, 2.45) is 5.73 Å². The second kappa shape index (κ2) is 5.76. The largest absolute Gasteiger partial charge is 0.336 e. The van der Waals surface area contributed by atoms with Gasteiger partial charge < -0.3 is 10.6 Å². The van der Waals surface area contributed by atoms with Crippen LogP contribution in [0.2, 0.25) is 0 Å². The molecule has 1 fully saturated rings. The Morgan fingerprint density at radius 1 is 1.39 bits per heavy atom. The van der Waals surface area contributed by atoms with Crippen molar-refractivity contribution >= 4 is 17.7 Å². The summed E-state index contributed by atoms with van der Waals surface area (Å²) in [6.07, 6.45) is 0. The Balaban J connectivity index is 2.11. The maximum absolute atomic E-state index is 12.4. The number of nitrogens with two attached hydrogens (primary N) is 1. The number of hydrogen-bond donors (Lipinski definition) is 1. The van der Waals surface area contributed by atoms with Crippen molar-refractivity contribution in [1.82, 2.24) is 4.90 Å². The summed E-state index contributed by atoms with van der Waals surface area (Å²) in [6.45, 7) is 5.07. The summed E-state index contributed by atoms with van der Waals surface area (Å²) in [5.41, 5.74) is 6.97. The molecule has 0 radical (unpaired) electrons. The molecule has 3 nitrogen and oxygen atoms in total. The van der Waals surface area contributed by atoms with E-state index in [0.29, 0.717) is 5.25 Å². The second-order valence-corrected chi connectivity index (χ2v) is 6.22. The van der Waals surface area contributed by atoms with Gasteiger partial charge in [-0.25, -0.2) is 0 Å². The van der Waals surface area contributed by atoms with Gasteiger partial charge in [-0.05, 0) is 12.5 Å². The quantitative estimate of drug-likeness (QED) is 0.889. The lowest BCUT2D eigenvalue weighted by atomic mass is 10.1. The summed E-state index contributed by atoms with van der Waals surface area (Å²) in [5.74, 6) is 1.04. The molecule has 1 heterocycles. The van der Waals surface area contributed by atoms with Crippen LogP contribution >= 0.6 is 11.8 Å². The molecule has 2 unspecified atom stereocenters. The Morgan fingerprint density at radius 2 is 2.06 bits per heavy atom. The molecule has 0 saturated carbocycles. The summed E-state index contributed by atoms with van der Waals surface area (Å²) < 4.78 is 0. The third-order valence-electron chi connectivity index (χ3n) is 3.59. The van der Waals surface area contributed by atoms with E-state index in [4.69, 9.17) is 5.73 Å². The predicted molar refractivity (Wildman–Crippen MR) is 76.5 cm³/mol. The van der Waals surface area contributed by atoms with Crippen molar-refractivity contribution in [1.29, 1.82) is 0 Å². The maximum Gasteiger partial charge on any atom is 0.244 e. The lowest BCUT2D eigenvalue weighted by molar-refractivity contribution is -0.134. The zero-order valence-corrected chi connectivity index (χ0v) is 11.7. The molecule has 98 valence electrons. The van der Waals surface area contributed by atoms with Crippen LogP contribution in [-0.4, -0.2) is 34.4 Å². The molecule has 2 N–H and O–H groups in total. The van der Waals surface area contributed by atoms with E-state index in [1.54, 1.807) is 0 Å². The zero-order chi connectivity index (χ0) is 13.1. The molecule has 4 heteroatoms. The van der Waals surface area contributed by atoms with E-state index >= 15 is 0 Å².